The first-order valence-corrected chi connectivity index (χ1v) is 9.14. The highest BCUT2D eigenvalue weighted by Gasteiger charge is 2.45. The van der Waals surface area contributed by atoms with Gasteiger partial charge < -0.3 is 4.74 Å². The largest absolute Gasteiger partial charge is 0.355 e. The monoisotopic (exact) mass is 330 g/mol. The summed E-state index contributed by atoms with van der Waals surface area (Å²) in [6.45, 7) is 1.81. The van der Waals surface area contributed by atoms with Gasteiger partial charge in [0.05, 0.1) is 17.2 Å². The van der Waals surface area contributed by atoms with E-state index in [0.29, 0.717) is 30.2 Å². The van der Waals surface area contributed by atoms with Gasteiger partial charge in [-0.2, -0.15) is 0 Å². The van der Waals surface area contributed by atoms with Crippen molar-refractivity contribution in [3.63, 3.8) is 0 Å². The topological polar surface area (TPSA) is 58.6 Å². The van der Waals surface area contributed by atoms with Gasteiger partial charge in [0.25, 0.3) is 10.0 Å². The molecule has 0 saturated carbocycles. The lowest BCUT2D eigenvalue weighted by Gasteiger charge is -2.40. The highest BCUT2D eigenvalue weighted by Crippen LogP contribution is 2.42. The fourth-order valence-corrected chi connectivity index (χ4v) is 4.88. The lowest BCUT2D eigenvalue weighted by molar-refractivity contribution is -0.0222. The van der Waals surface area contributed by atoms with Crippen LogP contribution in [0.3, 0.4) is 0 Å². The van der Waals surface area contributed by atoms with Crippen molar-refractivity contribution in [3.05, 3.63) is 60.2 Å². The van der Waals surface area contributed by atoms with E-state index in [4.69, 9.17) is 4.74 Å². The summed E-state index contributed by atoms with van der Waals surface area (Å²) in [5, 5.41) is 3.40. The summed E-state index contributed by atoms with van der Waals surface area (Å²) >= 11 is 0. The first kappa shape index (κ1) is 14.7. The van der Waals surface area contributed by atoms with Crippen molar-refractivity contribution in [1.29, 1.82) is 0 Å². The Morgan fingerprint density at radius 1 is 1.04 bits per heavy atom. The minimum atomic E-state index is -3.57. The number of hydrogen-bond donors (Lipinski definition) is 1. The first-order chi connectivity index (χ1) is 11.1. The zero-order valence-electron chi connectivity index (χ0n) is 12.6. The third kappa shape index (κ3) is 2.25. The molecule has 1 atom stereocenters. The zero-order valence-corrected chi connectivity index (χ0v) is 13.4. The number of rotatable bonds is 2. The van der Waals surface area contributed by atoms with Gasteiger partial charge in [-0.25, -0.2) is 8.42 Å². The summed E-state index contributed by atoms with van der Waals surface area (Å²) in [6, 6.07) is 16.1. The maximum atomic E-state index is 13.0. The minimum Gasteiger partial charge on any atom is -0.355 e. The Morgan fingerprint density at radius 3 is 2.52 bits per heavy atom. The van der Waals surface area contributed by atoms with Gasteiger partial charge >= 0.3 is 0 Å². The lowest BCUT2D eigenvalue weighted by atomic mass is 9.94. The molecular weight excluding hydrogens is 312 g/mol. The molecule has 0 aliphatic carbocycles. The maximum Gasteiger partial charge on any atom is 0.264 e. The Kier molecular flexibility index (Phi) is 3.41. The Bertz CT molecular complexity index is 815. The maximum absolute atomic E-state index is 13.0. The zero-order chi connectivity index (χ0) is 15.9. The van der Waals surface area contributed by atoms with E-state index in [-0.39, 0.29) is 0 Å². The molecule has 2 heterocycles. The van der Waals surface area contributed by atoms with Gasteiger partial charge in [-0.15, -0.1) is 0 Å². The molecule has 0 bridgehead atoms. The molecule has 6 heteroatoms. The number of ether oxygens (including phenoxy) is 1. The van der Waals surface area contributed by atoms with E-state index >= 15 is 0 Å². The number of nitrogens with zero attached hydrogens (tertiary/aromatic N) is 1. The Morgan fingerprint density at radius 2 is 1.78 bits per heavy atom. The van der Waals surface area contributed by atoms with Crippen LogP contribution in [0.25, 0.3) is 0 Å². The summed E-state index contributed by atoms with van der Waals surface area (Å²) in [4.78, 5) is 0.311. The second kappa shape index (κ2) is 5.33. The number of para-hydroxylation sites is 1. The van der Waals surface area contributed by atoms with E-state index < -0.39 is 15.7 Å². The van der Waals surface area contributed by atoms with Crippen LogP contribution in [-0.4, -0.2) is 28.1 Å². The second-order valence-electron chi connectivity index (χ2n) is 5.76. The van der Waals surface area contributed by atoms with Gasteiger partial charge in [-0.3, -0.25) is 9.62 Å². The van der Waals surface area contributed by atoms with Gasteiger partial charge in [-0.05, 0) is 18.2 Å². The molecule has 2 aliphatic rings. The predicted molar refractivity (Wildman–Crippen MR) is 87.7 cm³/mol. The van der Waals surface area contributed by atoms with Crippen molar-refractivity contribution < 1.29 is 13.2 Å². The SMILES string of the molecule is O=S(=O)(c1ccccc1)N1CCC2(NCCO2)c2ccccc21. The van der Waals surface area contributed by atoms with Crippen LogP contribution in [0, 0.1) is 0 Å². The molecule has 0 amide bonds. The molecule has 1 fully saturated rings. The van der Waals surface area contributed by atoms with Gasteiger partial charge in [0.15, 0.2) is 0 Å². The smallest absolute Gasteiger partial charge is 0.264 e. The van der Waals surface area contributed by atoms with E-state index in [2.05, 4.69) is 5.32 Å². The second-order valence-corrected chi connectivity index (χ2v) is 7.62. The van der Waals surface area contributed by atoms with Gasteiger partial charge in [0.1, 0.15) is 5.72 Å². The summed E-state index contributed by atoms with van der Waals surface area (Å²) < 4.78 is 33.5. The normalized spacial score (nSPS) is 23.9. The summed E-state index contributed by atoms with van der Waals surface area (Å²) in [6.07, 6.45) is 0.593. The fraction of sp³-hybridized carbons (Fsp3) is 0.294. The number of sulfonamides is 1. The quantitative estimate of drug-likeness (QED) is 0.916. The van der Waals surface area contributed by atoms with Crippen LogP contribution in [0.5, 0.6) is 0 Å². The van der Waals surface area contributed by atoms with Crippen LogP contribution >= 0.6 is 0 Å². The van der Waals surface area contributed by atoms with Gasteiger partial charge in [0, 0.05) is 25.1 Å². The molecule has 2 aliphatic heterocycles. The van der Waals surface area contributed by atoms with Crippen LogP contribution in [0.2, 0.25) is 0 Å². The molecule has 2 aromatic carbocycles. The molecule has 4 rings (SSSR count). The average molecular weight is 330 g/mol. The fourth-order valence-electron chi connectivity index (χ4n) is 3.38. The van der Waals surface area contributed by atoms with Crippen molar-refractivity contribution in [2.75, 3.05) is 24.0 Å². The number of fused-ring (bicyclic) bond motifs is 2. The predicted octanol–water partition coefficient (Wildman–Crippen LogP) is 2.06. The molecule has 2 aromatic rings. The average Bonchev–Trinajstić information content (AvgIpc) is 3.05. The Hall–Kier alpha value is -1.89. The summed E-state index contributed by atoms with van der Waals surface area (Å²) in [7, 11) is -3.57. The van der Waals surface area contributed by atoms with Crippen LogP contribution in [-0.2, 0) is 20.5 Å². The molecule has 120 valence electrons. The first-order valence-electron chi connectivity index (χ1n) is 7.70. The summed E-state index contributed by atoms with van der Waals surface area (Å²) in [5.41, 5.74) is 1.03. The van der Waals surface area contributed by atoms with Crippen LogP contribution in [0.4, 0.5) is 5.69 Å². The number of hydrogen-bond acceptors (Lipinski definition) is 4. The van der Waals surface area contributed by atoms with Crippen LogP contribution in [0.15, 0.2) is 59.5 Å². The number of nitrogens with one attached hydrogen (secondary N) is 1. The van der Waals surface area contributed by atoms with Crippen LogP contribution in [0.1, 0.15) is 12.0 Å². The molecule has 0 aromatic heterocycles. The highest BCUT2D eigenvalue weighted by atomic mass is 32.2. The van der Waals surface area contributed by atoms with Crippen LogP contribution < -0.4 is 9.62 Å². The van der Waals surface area contributed by atoms with Crippen molar-refractivity contribution in [2.45, 2.75) is 17.0 Å². The van der Waals surface area contributed by atoms with Crippen molar-refractivity contribution in [1.82, 2.24) is 5.32 Å². The van der Waals surface area contributed by atoms with E-state index in [1.165, 1.54) is 4.31 Å². The highest BCUT2D eigenvalue weighted by molar-refractivity contribution is 7.92. The van der Waals surface area contributed by atoms with Gasteiger partial charge in [-0.1, -0.05) is 36.4 Å². The molecule has 1 spiro atoms. The lowest BCUT2D eigenvalue weighted by Crippen LogP contribution is -2.48. The summed E-state index contributed by atoms with van der Waals surface area (Å²) in [5.74, 6) is 0. The van der Waals surface area contributed by atoms with E-state index in [9.17, 15) is 8.42 Å². The molecule has 1 saturated heterocycles. The Balaban J connectivity index is 1.83. The number of benzene rings is 2. The van der Waals surface area contributed by atoms with Crippen molar-refractivity contribution >= 4 is 15.7 Å². The molecule has 1 unspecified atom stereocenters. The molecular formula is C17H18N2O3S. The Labute approximate surface area is 135 Å². The molecule has 0 radical (unpaired) electrons. The number of anilines is 1. The molecule has 23 heavy (non-hydrogen) atoms. The minimum absolute atomic E-state index is 0.311. The van der Waals surface area contributed by atoms with Crippen molar-refractivity contribution in [2.24, 2.45) is 0 Å². The van der Waals surface area contributed by atoms with Crippen molar-refractivity contribution in [3.8, 4) is 0 Å². The van der Waals surface area contributed by atoms with E-state index in [1.54, 1.807) is 24.3 Å². The van der Waals surface area contributed by atoms with Gasteiger partial charge in [0.2, 0.25) is 0 Å². The molecule has 5 nitrogen and oxygen atoms in total. The third-order valence-corrected chi connectivity index (χ3v) is 6.29. The third-order valence-electron chi connectivity index (χ3n) is 4.47. The van der Waals surface area contributed by atoms with E-state index in [1.807, 2.05) is 30.3 Å². The standard InChI is InChI=1S/C17H18N2O3S/c20-23(21,14-6-2-1-3-7-14)19-12-10-17(18-11-13-22-17)15-8-4-5-9-16(15)19/h1-9,18H,10-13H2. The molecule has 1 N–H and O–H groups in total. The van der Waals surface area contributed by atoms with E-state index in [0.717, 1.165) is 12.1 Å².